The molecule has 8 heteroatoms. The molecule has 25 heavy (non-hydrogen) atoms. The van der Waals surface area contributed by atoms with E-state index in [1.54, 1.807) is 18.4 Å². The van der Waals surface area contributed by atoms with Crippen molar-refractivity contribution in [2.45, 2.75) is 20.0 Å². The van der Waals surface area contributed by atoms with Crippen molar-refractivity contribution < 1.29 is 4.74 Å². The lowest BCUT2D eigenvalue weighted by atomic mass is 10.2. The van der Waals surface area contributed by atoms with Crippen LogP contribution in [-0.2, 0) is 13.1 Å². The minimum absolute atomic E-state index is 0. The second-order valence-corrected chi connectivity index (χ2v) is 6.25. The molecular weight excluding hydrogens is 449 g/mol. The Labute approximate surface area is 170 Å². The number of benzene rings is 1. The van der Waals surface area contributed by atoms with E-state index in [1.165, 1.54) is 0 Å². The highest BCUT2D eigenvalue weighted by Gasteiger charge is 2.05. The van der Waals surface area contributed by atoms with Gasteiger partial charge in [0.1, 0.15) is 5.75 Å². The molecule has 6 nitrogen and oxygen atoms in total. The van der Waals surface area contributed by atoms with Gasteiger partial charge < -0.3 is 20.3 Å². The number of nitrogens with one attached hydrogen (secondary N) is 2. The van der Waals surface area contributed by atoms with E-state index >= 15 is 0 Å². The summed E-state index contributed by atoms with van der Waals surface area (Å²) in [5, 5.41) is 9.65. The molecule has 0 spiro atoms. The van der Waals surface area contributed by atoms with Crippen molar-refractivity contribution in [3.05, 3.63) is 40.9 Å². The van der Waals surface area contributed by atoms with Crippen LogP contribution < -0.4 is 20.3 Å². The fourth-order valence-electron chi connectivity index (χ4n) is 2.00. The van der Waals surface area contributed by atoms with Crippen molar-refractivity contribution in [3.8, 4) is 5.75 Å². The molecule has 0 aliphatic rings. The van der Waals surface area contributed by atoms with Crippen LogP contribution in [0.4, 0.5) is 5.13 Å². The lowest BCUT2D eigenvalue weighted by Gasteiger charge is -2.10. The van der Waals surface area contributed by atoms with Crippen molar-refractivity contribution in [2.75, 3.05) is 32.6 Å². The van der Waals surface area contributed by atoms with Gasteiger partial charge in [-0.3, -0.25) is 0 Å². The molecule has 2 N–H and O–H groups in total. The molecule has 0 saturated heterocycles. The maximum atomic E-state index is 5.17. The third-order valence-electron chi connectivity index (χ3n) is 3.28. The monoisotopic (exact) mass is 475 g/mol. The molecule has 0 unspecified atom stereocenters. The highest BCUT2D eigenvalue weighted by atomic mass is 127. The van der Waals surface area contributed by atoms with E-state index in [9.17, 15) is 0 Å². The zero-order valence-corrected chi connectivity index (χ0v) is 18.2. The number of hydrogen-bond donors (Lipinski definition) is 2. The van der Waals surface area contributed by atoms with Gasteiger partial charge in [-0.05, 0) is 24.6 Å². The van der Waals surface area contributed by atoms with Crippen LogP contribution in [0.3, 0.4) is 0 Å². The summed E-state index contributed by atoms with van der Waals surface area (Å²) < 4.78 is 5.17. The molecule has 0 bridgehead atoms. The average molecular weight is 475 g/mol. The van der Waals surface area contributed by atoms with Gasteiger partial charge in [-0.1, -0.05) is 12.1 Å². The van der Waals surface area contributed by atoms with Gasteiger partial charge in [0, 0.05) is 26.0 Å². The fraction of sp³-hybridized carbons (Fsp3) is 0.412. The van der Waals surface area contributed by atoms with Crippen molar-refractivity contribution >= 4 is 46.4 Å². The number of guanidine groups is 1. The summed E-state index contributed by atoms with van der Waals surface area (Å²) in [6.45, 7) is 4.13. The number of thiazole rings is 1. The molecule has 0 atom stereocenters. The van der Waals surface area contributed by atoms with E-state index in [4.69, 9.17) is 4.74 Å². The first-order valence-corrected chi connectivity index (χ1v) is 8.77. The van der Waals surface area contributed by atoms with Gasteiger partial charge in [0.25, 0.3) is 0 Å². The molecule has 1 aromatic carbocycles. The van der Waals surface area contributed by atoms with E-state index in [0.29, 0.717) is 13.1 Å². The number of aliphatic imine (C=N–C) groups is 1. The molecular formula is C17H26IN5OS. The Morgan fingerprint density at radius 2 is 1.96 bits per heavy atom. The molecule has 2 rings (SSSR count). The molecule has 1 aromatic heterocycles. The normalized spacial score (nSPS) is 10.8. The number of halogens is 1. The Balaban J connectivity index is 0.00000312. The molecule has 0 saturated carbocycles. The summed E-state index contributed by atoms with van der Waals surface area (Å²) in [6.07, 6.45) is 0. The van der Waals surface area contributed by atoms with Crippen LogP contribution in [0.15, 0.2) is 34.6 Å². The second-order valence-electron chi connectivity index (χ2n) is 5.41. The number of aromatic nitrogens is 1. The van der Waals surface area contributed by atoms with Crippen LogP contribution in [0, 0.1) is 0 Å². The summed E-state index contributed by atoms with van der Waals surface area (Å²) in [4.78, 5) is 11.2. The topological polar surface area (TPSA) is 61.8 Å². The predicted molar refractivity (Wildman–Crippen MR) is 117 cm³/mol. The third kappa shape index (κ3) is 7.07. The minimum atomic E-state index is 0. The summed E-state index contributed by atoms with van der Waals surface area (Å²) in [6, 6.07) is 7.94. The standard InChI is InChI=1S/C17H25N5OS.HI/c1-5-18-16(19-10-13-6-8-15(23-4)9-7-13)20-11-14-12-24-17(21-14)22(2)3;/h6-9,12H,5,10-11H2,1-4H3,(H2,18,19,20);1H. The van der Waals surface area contributed by atoms with E-state index in [2.05, 4.69) is 32.9 Å². The Morgan fingerprint density at radius 3 is 2.52 bits per heavy atom. The van der Waals surface area contributed by atoms with Gasteiger partial charge in [0.15, 0.2) is 11.1 Å². The number of rotatable bonds is 7. The van der Waals surface area contributed by atoms with Crippen LogP contribution in [0.25, 0.3) is 0 Å². The number of hydrogen-bond acceptors (Lipinski definition) is 5. The summed E-state index contributed by atoms with van der Waals surface area (Å²) in [5.41, 5.74) is 2.15. The van der Waals surface area contributed by atoms with Gasteiger partial charge in [0.05, 0.1) is 25.9 Å². The Bertz CT molecular complexity index is 657. The average Bonchev–Trinajstić information content (AvgIpc) is 3.07. The second kappa shape index (κ2) is 11.1. The van der Waals surface area contributed by atoms with Gasteiger partial charge in [-0.25, -0.2) is 9.98 Å². The molecule has 0 aliphatic heterocycles. The lowest BCUT2D eigenvalue weighted by Crippen LogP contribution is -2.36. The molecule has 0 radical (unpaired) electrons. The van der Waals surface area contributed by atoms with E-state index in [-0.39, 0.29) is 24.0 Å². The molecule has 0 fully saturated rings. The van der Waals surface area contributed by atoms with Crippen molar-refractivity contribution in [1.82, 2.24) is 15.6 Å². The fourth-order valence-corrected chi connectivity index (χ4v) is 2.76. The zero-order chi connectivity index (χ0) is 17.4. The summed E-state index contributed by atoms with van der Waals surface area (Å²) in [5.74, 6) is 1.64. The van der Waals surface area contributed by atoms with E-state index < -0.39 is 0 Å². The maximum absolute atomic E-state index is 5.17. The molecule has 2 aromatic rings. The SMILES string of the molecule is CCNC(=NCc1ccc(OC)cc1)NCc1csc(N(C)C)n1.I. The highest BCUT2D eigenvalue weighted by molar-refractivity contribution is 14.0. The van der Waals surface area contributed by atoms with E-state index in [0.717, 1.165) is 34.6 Å². The Morgan fingerprint density at radius 1 is 1.24 bits per heavy atom. The van der Waals surface area contributed by atoms with E-state index in [1.807, 2.05) is 43.3 Å². The molecule has 138 valence electrons. The molecule has 1 heterocycles. The predicted octanol–water partition coefficient (Wildman–Crippen LogP) is 3.09. The first-order chi connectivity index (χ1) is 11.6. The smallest absolute Gasteiger partial charge is 0.191 e. The quantitative estimate of drug-likeness (QED) is 0.366. The third-order valence-corrected chi connectivity index (χ3v) is 4.34. The number of methoxy groups -OCH3 is 1. The molecule has 0 amide bonds. The van der Waals surface area contributed by atoms with Crippen LogP contribution in [0.5, 0.6) is 5.75 Å². The summed E-state index contributed by atoms with van der Waals surface area (Å²) in [7, 11) is 5.66. The van der Waals surface area contributed by atoms with Crippen LogP contribution in [-0.4, -0.2) is 38.7 Å². The number of nitrogens with zero attached hydrogens (tertiary/aromatic N) is 3. The van der Waals surface area contributed by atoms with Crippen LogP contribution in [0.1, 0.15) is 18.2 Å². The lowest BCUT2D eigenvalue weighted by molar-refractivity contribution is 0.414. The first-order valence-electron chi connectivity index (χ1n) is 7.89. The van der Waals surface area contributed by atoms with Gasteiger partial charge >= 0.3 is 0 Å². The van der Waals surface area contributed by atoms with Crippen molar-refractivity contribution in [2.24, 2.45) is 4.99 Å². The highest BCUT2D eigenvalue weighted by Crippen LogP contribution is 2.17. The maximum Gasteiger partial charge on any atom is 0.191 e. The van der Waals surface area contributed by atoms with Crippen LogP contribution in [0.2, 0.25) is 0 Å². The Hall–Kier alpha value is -1.55. The van der Waals surface area contributed by atoms with Gasteiger partial charge in [0.2, 0.25) is 0 Å². The Kier molecular flexibility index (Phi) is 9.58. The van der Waals surface area contributed by atoms with Crippen LogP contribution >= 0.6 is 35.3 Å². The first kappa shape index (κ1) is 21.5. The minimum Gasteiger partial charge on any atom is -0.497 e. The van der Waals surface area contributed by atoms with Gasteiger partial charge in [-0.15, -0.1) is 35.3 Å². The summed E-state index contributed by atoms with van der Waals surface area (Å²) >= 11 is 1.64. The zero-order valence-electron chi connectivity index (χ0n) is 15.1. The van der Waals surface area contributed by atoms with Crippen molar-refractivity contribution in [1.29, 1.82) is 0 Å². The molecule has 0 aliphatic carbocycles. The van der Waals surface area contributed by atoms with Gasteiger partial charge in [-0.2, -0.15) is 0 Å². The largest absolute Gasteiger partial charge is 0.497 e. The van der Waals surface area contributed by atoms with Crippen molar-refractivity contribution in [3.63, 3.8) is 0 Å². The number of ether oxygens (including phenoxy) is 1. The number of anilines is 1.